The highest BCUT2D eigenvalue weighted by Crippen LogP contribution is 2.76. The minimum Gasteiger partial charge on any atom is -0.325 e. The van der Waals surface area contributed by atoms with Crippen LogP contribution in [0.1, 0.15) is 19.3 Å². The highest BCUT2D eigenvalue weighted by Gasteiger charge is 2.75. The molecule has 0 amide bonds. The van der Waals surface area contributed by atoms with Crippen molar-refractivity contribution in [2.24, 2.45) is 11.1 Å². The molecule has 3 rings (SSSR count). The summed E-state index contributed by atoms with van der Waals surface area (Å²) in [5, 5.41) is 0. The Morgan fingerprint density at radius 2 is 1.75 bits per heavy atom. The van der Waals surface area contributed by atoms with E-state index >= 15 is 0 Å². The first-order chi connectivity index (χ1) is 4.93. The molecule has 0 heterocycles. The summed E-state index contributed by atoms with van der Waals surface area (Å²) in [6.45, 7) is -0.486. The molecule has 0 aromatic carbocycles. The molecule has 3 saturated carbocycles. The minimum absolute atomic E-state index is 0. The van der Waals surface area contributed by atoms with Crippen LogP contribution in [0.5, 0.6) is 0 Å². The van der Waals surface area contributed by atoms with Crippen LogP contribution in [0.15, 0.2) is 0 Å². The molecule has 0 unspecified atom stereocenters. The third-order valence-electron chi connectivity index (χ3n) is 3.00. The van der Waals surface area contributed by atoms with E-state index in [0.29, 0.717) is 19.3 Å². The van der Waals surface area contributed by atoms with Gasteiger partial charge in [-0.3, -0.25) is 0 Å². The van der Waals surface area contributed by atoms with Crippen LogP contribution in [0.2, 0.25) is 0 Å². The molecule has 0 saturated heterocycles. The topological polar surface area (TPSA) is 26.0 Å². The smallest absolute Gasteiger partial charge is 0.265 e. The second-order valence-corrected chi connectivity index (χ2v) is 6.16. The Labute approximate surface area is 90.0 Å². The van der Waals surface area contributed by atoms with E-state index in [1.54, 1.807) is 0 Å². The van der Waals surface area contributed by atoms with Crippen LogP contribution in [-0.4, -0.2) is 15.9 Å². The molecule has 1 nitrogen and oxygen atoms in total. The highest BCUT2D eigenvalue weighted by molar-refractivity contribution is 14.1. The van der Waals surface area contributed by atoms with Crippen molar-refractivity contribution in [3.8, 4) is 0 Å². The van der Waals surface area contributed by atoms with Crippen LogP contribution in [0, 0.1) is 5.41 Å². The number of nitrogens with two attached hydrogens (primary N) is 1. The third kappa shape index (κ3) is 1.10. The monoisotopic (exact) mass is 309 g/mol. The van der Waals surface area contributed by atoms with Crippen molar-refractivity contribution < 1.29 is 8.78 Å². The maximum absolute atomic E-state index is 13.1. The lowest BCUT2D eigenvalue weighted by Gasteiger charge is -2.70. The lowest BCUT2D eigenvalue weighted by molar-refractivity contribution is -0.236. The average molecular weight is 310 g/mol. The molecule has 0 aromatic rings. The van der Waals surface area contributed by atoms with Crippen LogP contribution in [0.25, 0.3) is 0 Å². The van der Waals surface area contributed by atoms with Gasteiger partial charge < -0.3 is 5.73 Å². The maximum atomic E-state index is 13.1. The number of hydrogen-bond donors (Lipinski definition) is 1. The summed E-state index contributed by atoms with van der Waals surface area (Å²) < 4.78 is 26.3. The number of rotatable bonds is 2. The molecule has 12 heavy (non-hydrogen) atoms. The van der Waals surface area contributed by atoms with Gasteiger partial charge >= 0.3 is 0 Å². The van der Waals surface area contributed by atoms with Crippen molar-refractivity contribution >= 4 is 35.0 Å². The van der Waals surface area contributed by atoms with Gasteiger partial charge in [-0.05, 0) is 19.3 Å². The van der Waals surface area contributed by atoms with Crippen LogP contribution >= 0.6 is 35.0 Å². The molecular weight excluding hydrogens is 298 g/mol. The SMILES string of the molecule is Cl.NCC(F)(F)C12CC(I)(C1)C2. The zero-order valence-corrected chi connectivity index (χ0v) is 9.42. The zero-order chi connectivity index (χ0) is 8.33. The molecule has 2 bridgehead atoms. The molecule has 0 spiro atoms. The van der Waals surface area contributed by atoms with Gasteiger partial charge in [0.15, 0.2) is 0 Å². The van der Waals surface area contributed by atoms with Crippen LogP contribution in [-0.2, 0) is 0 Å². The normalized spacial score (nSPS) is 44.0. The fourth-order valence-corrected chi connectivity index (χ4v) is 4.46. The fourth-order valence-electron chi connectivity index (χ4n) is 2.27. The lowest BCUT2D eigenvalue weighted by Crippen LogP contribution is -2.71. The van der Waals surface area contributed by atoms with Gasteiger partial charge in [0, 0.05) is 8.84 Å². The van der Waals surface area contributed by atoms with Gasteiger partial charge in [-0.1, -0.05) is 22.6 Å². The average Bonchev–Trinajstić information content (AvgIpc) is 1.79. The van der Waals surface area contributed by atoms with E-state index < -0.39 is 17.9 Å². The van der Waals surface area contributed by atoms with Crippen LogP contribution in [0.3, 0.4) is 0 Å². The van der Waals surface area contributed by atoms with E-state index in [0.717, 1.165) is 0 Å². The molecule has 0 atom stereocenters. The molecule has 3 aliphatic rings. The molecule has 3 fully saturated rings. The van der Waals surface area contributed by atoms with Gasteiger partial charge in [0.25, 0.3) is 5.92 Å². The van der Waals surface area contributed by atoms with Crippen molar-refractivity contribution in [1.29, 1.82) is 0 Å². The molecular formula is C7H11ClF2IN. The molecule has 3 aliphatic carbocycles. The van der Waals surface area contributed by atoms with E-state index in [1.807, 2.05) is 0 Å². The van der Waals surface area contributed by atoms with Gasteiger partial charge in [0.1, 0.15) is 0 Å². The summed E-state index contributed by atoms with van der Waals surface area (Å²) in [5.41, 5.74) is 4.33. The van der Waals surface area contributed by atoms with Crippen LogP contribution in [0.4, 0.5) is 8.78 Å². The summed E-state index contributed by atoms with van der Waals surface area (Å²) in [7, 11) is 0. The fraction of sp³-hybridized carbons (Fsp3) is 1.00. The van der Waals surface area contributed by atoms with E-state index in [4.69, 9.17) is 5.73 Å². The molecule has 0 radical (unpaired) electrons. The van der Waals surface area contributed by atoms with Crippen molar-refractivity contribution in [2.75, 3.05) is 6.54 Å². The first kappa shape index (κ1) is 10.9. The zero-order valence-electron chi connectivity index (χ0n) is 6.45. The molecule has 0 aliphatic heterocycles. The van der Waals surface area contributed by atoms with Crippen molar-refractivity contribution in [3.63, 3.8) is 0 Å². The Hall–Kier alpha value is 0.840. The predicted molar refractivity (Wildman–Crippen MR) is 54.3 cm³/mol. The number of alkyl halides is 3. The Morgan fingerprint density at radius 3 is 2.00 bits per heavy atom. The van der Waals surface area contributed by atoms with Gasteiger partial charge in [-0.2, -0.15) is 0 Å². The summed E-state index contributed by atoms with van der Waals surface area (Å²) in [6, 6.07) is 0. The maximum Gasteiger partial charge on any atom is 0.265 e. The van der Waals surface area contributed by atoms with Gasteiger partial charge in [0.05, 0.1) is 6.54 Å². The van der Waals surface area contributed by atoms with Gasteiger partial charge in [-0.25, -0.2) is 8.78 Å². The number of halogens is 4. The van der Waals surface area contributed by atoms with E-state index in [9.17, 15) is 8.78 Å². The quantitative estimate of drug-likeness (QED) is 0.615. The standard InChI is InChI=1S/C7H10F2IN.ClH/c8-7(9,4-11)5-1-6(10,2-5)3-5;/h1-4,11H2;1H. The second-order valence-electron chi connectivity index (χ2n) is 3.87. The Kier molecular flexibility index (Phi) is 2.43. The van der Waals surface area contributed by atoms with Crippen LogP contribution < -0.4 is 5.73 Å². The Balaban J connectivity index is 0.000000720. The van der Waals surface area contributed by atoms with Crippen molar-refractivity contribution in [3.05, 3.63) is 0 Å². The molecule has 2 N–H and O–H groups in total. The summed E-state index contributed by atoms with van der Waals surface area (Å²) in [4.78, 5) is 0. The van der Waals surface area contributed by atoms with Gasteiger partial charge in [-0.15, -0.1) is 12.4 Å². The summed E-state index contributed by atoms with van der Waals surface area (Å²) in [5.74, 6) is -2.61. The second kappa shape index (κ2) is 2.67. The third-order valence-corrected chi connectivity index (χ3v) is 4.14. The molecule has 72 valence electrons. The Morgan fingerprint density at radius 1 is 1.33 bits per heavy atom. The predicted octanol–water partition coefficient (Wildman–Crippen LogP) is 2.36. The number of hydrogen-bond acceptors (Lipinski definition) is 1. The summed E-state index contributed by atoms with van der Waals surface area (Å²) >= 11 is 2.29. The van der Waals surface area contributed by atoms with Crippen molar-refractivity contribution in [1.82, 2.24) is 0 Å². The van der Waals surface area contributed by atoms with E-state index in [-0.39, 0.29) is 15.8 Å². The minimum atomic E-state index is -2.61. The van der Waals surface area contributed by atoms with Crippen molar-refractivity contribution in [2.45, 2.75) is 28.6 Å². The first-order valence-corrected chi connectivity index (χ1v) is 4.78. The first-order valence-electron chi connectivity index (χ1n) is 3.70. The van der Waals surface area contributed by atoms with Gasteiger partial charge in [0.2, 0.25) is 0 Å². The lowest BCUT2D eigenvalue weighted by atomic mass is 9.42. The highest BCUT2D eigenvalue weighted by atomic mass is 127. The van der Waals surface area contributed by atoms with E-state index in [2.05, 4.69) is 22.6 Å². The summed E-state index contributed by atoms with van der Waals surface area (Å²) in [6.07, 6.45) is 2.01. The van der Waals surface area contributed by atoms with E-state index in [1.165, 1.54) is 0 Å². The Bertz CT molecular complexity index is 190. The molecule has 0 aromatic heterocycles. The largest absolute Gasteiger partial charge is 0.325 e. The molecule has 5 heteroatoms.